The molecule has 3 atom stereocenters. The Bertz CT molecular complexity index is 1360. The minimum atomic E-state index is -1.08. The van der Waals surface area contributed by atoms with E-state index in [1.165, 1.54) is 0 Å². The van der Waals surface area contributed by atoms with Gasteiger partial charge in [0.2, 0.25) is 11.7 Å². The predicted octanol–water partition coefficient (Wildman–Crippen LogP) is 3.21. The van der Waals surface area contributed by atoms with E-state index in [-0.39, 0.29) is 24.0 Å². The Kier molecular flexibility index (Phi) is 4.95. The van der Waals surface area contributed by atoms with Gasteiger partial charge in [-0.1, -0.05) is 0 Å². The van der Waals surface area contributed by atoms with Crippen molar-refractivity contribution in [3.63, 3.8) is 0 Å². The summed E-state index contributed by atoms with van der Waals surface area (Å²) in [6, 6.07) is 9.67. The summed E-state index contributed by atoms with van der Waals surface area (Å²) in [4.78, 5) is 36.7. The number of aromatic nitrogens is 4. The molecule has 0 radical (unpaired) electrons. The molecule has 178 valence electrons. The van der Waals surface area contributed by atoms with Crippen LogP contribution in [0.2, 0.25) is 0 Å². The zero-order valence-electron chi connectivity index (χ0n) is 19.4. The molecule has 35 heavy (non-hydrogen) atoms. The van der Waals surface area contributed by atoms with Crippen LogP contribution in [0.3, 0.4) is 0 Å². The third-order valence-corrected chi connectivity index (χ3v) is 7.57. The molecule has 10 heteroatoms. The molecular formula is C25H26N8O2. The Morgan fingerprint density at radius 3 is 2.63 bits per heavy atom. The number of aryl methyl sites for hydroxylation is 1. The summed E-state index contributed by atoms with van der Waals surface area (Å²) < 4.78 is 0. The van der Waals surface area contributed by atoms with Gasteiger partial charge < -0.3 is 15.5 Å². The highest BCUT2D eigenvalue weighted by Crippen LogP contribution is 2.51. The number of carbonyl (C=O) groups is 2. The van der Waals surface area contributed by atoms with Crippen LogP contribution >= 0.6 is 0 Å². The molecule has 1 unspecified atom stereocenters. The normalized spacial score (nSPS) is 24.1. The number of nitriles is 1. The van der Waals surface area contributed by atoms with E-state index >= 15 is 0 Å². The molecule has 2 saturated heterocycles. The summed E-state index contributed by atoms with van der Waals surface area (Å²) in [5, 5.41) is 24.1. The molecule has 10 nitrogen and oxygen atoms in total. The van der Waals surface area contributed by atoms with Gasteiger partial charge in [-0.25, -0.2) is 4.98 Å². The van der Waals surface area contributed by atoms with Crippen LogP contribution < -0.4 is 10.6 Å². The minimum absolute atomic E-state index is 0.0699. The number of nitrogens with zero attached hydrogens (tertiary/aromatic N) is 5. The number of hydrogen-bond acceptors (Lipinski definition) is 8. The highest BCUT2D eigenvalue weighted by Gasteiger charge is 2.60. The maximum Gasteiger partial charge on any atom is 0.247 e. The van der Waals surface area contributed by atoms with Gasteiger partial charge in [0.25, 0.3) is 0 Å². The molecule has 3 aliphatic rings. The first-order valence-electron chi connectivity index (χ1n) is 12.1. The Morgan fingerprint density at radius 1 is 1.20 bits per heavy atom. The number of pyridine rings is 2. The van der Waals surface area contributed by atoms with Crippen LogP contribution in [0.1, 0.15) is 44.2 Å². The highest BCUT2D eigenvalue weighted by atomic mass is 16.2. The standard InChI is InChI=1S/C25H26N8O2/c1-14-9-22(32-31-14)29-21-12-19-18(3-2-8-27-19)23(30-21)28-15-10-16-4-5-17(11-15)33(16)24(35)25(6-7-25)20(34)13-26/h2-3,8-9,12,15-17H,4-7,10-11H2,1H3,(H3,28,29,30,31,32)/t15?,16-,17+. The smallest absolute Gasteiger partial charge is 0.247 e. The fourth-order valence-electron chi connectivity index (χ4n) is 5.70. The number of fused-ring (bicyclic) bond motifs is 3. The fraction of sp³-hybridized carbons (Fsp3) is 0.440. The minimum Gasteiger partial charge on any atom is -0.367 e. The third-order valence-electron chi connectivity index (χ3n) is 7.57. The van der Waals surface area contributed by atoms with E-state index in [9.17, 15) is 9.59 Å². The number of aromatic amines is 1. The molecule has 3 aromatic rings. The second-order valence-corrected chi connectivity index (χ2v) is 9.92. The van der Waals surface area contributed by atoms with Crippen molar-refractivity contribution in [2.75, 3.05) is 10.6 Å². The van der Waals surface area contributed by atoms with Crippen molar-refractivity contribution in [1.29, 1.82) is 5.26 Å². The first kappa shape index (κ1) is 21.5. The van der Waals surface area contributed by atoms with Gasteiger partial charge in [0.1, 0.15) is 23.1 Å². The lowest BCUT2D eigenvalue weighted by Crippen LogP contribution is -2.53. The van der Waals surface area contributed by atoms with Gasteiger partial charge in [-0.05, 0) is 57.6 Å². The molecular weight excluding hydrogens is 444 g/mol. The van der Waals surface area contributed by atoms with Gasteiger partial charge in [0, 0.05) is 47.5 Å². The van der Waals surface area contributed by atoms with Crippen LogP contribution in [0.4, 0.5) is 17.5 Å². The Labute approximate surface area is 202 Å². The summed E-state index contributed by atoms with van der Waals surface area (Å²) in [7, 11) is 0. The summed E-state index contributed by atoms with van der Waals surface area (Å²) >= 11 is 0. The van der Waals surface area contributed by atoms with Crippen LogP contribution in [0, 0.1) is 23.7 Å². The molecule has 0 aromatic carbocycles. The van der Waals surface area contributed by atoms with Crippen LogP contribution in [0.25, 0.3) is 10.9 Å². The van der Waals surface area contributed by atoms with Crippen molar-refractivity contribution in [2.45, 2.75) is 63.6 Å². The number of anilines is 3. The number of rotatable bonds is 6. The van der Waals surface area contributed by atoms with Gasteiger partial charge in [0.15, 0.2) is 5.82 Å². The lowest BCUT2D eigenvalue weighted by Gasteiger charge is -2.40. The second kappa shape index (κ2) is 8.05. The lowest BCUT2D eigenvalue weighted by atomic mass is 9.92. The second-order valence-electron chi connectivity index (χ2n) is 9.92. The maximum atomic E-state index is 13.3. The number of H-pyrrole nitrogens is 1. The van der Waals surface area contributed by atoms with Crippen LogP contribution in [-0.2, 0) is 9.59 Å². The first-order valence-corrected chi connectivity index (χ1v) is 12.1. The maximum absolute atomic E-state index is 13.3. The molecule has 2 bridgehead atoms. The number of ketones is 1. The van der Waals surface area contributed by atoms with Crippen molar-refractivity contribution in [3.8, 4) is 6.07 Å². The zero-order chi connectivity index (χ0) is 24.2. The van der Waals surface area contributed by atoms with Gasteiger partial charge in [-0.15, -0.1) is 0 Å². The topological polar surface area (TPSA) is 140 Å². The average molecular weight is 471 g/mol. The molecule has 1 aliphatic carbocycles. The van der Waals surface area contributed by atoms with E-state index in [0.717, 1.165) is 48.1 Å². The van der Waals surface area contributed by atoms with Gasteiger partial charge in [-0.3, -0.25) is 19.7 Å². The van der Waals surface area contributed by atoms with E-state index in [2.05, 4.69) is 25.8 Å². The van der Waals surface area contributed by atoms with Crippen molar-refractivity contribution in [2.24, 2.45) is 5.41 Å². The number of piperidine rings is 1. The van der Waals surface area contributed by atoms with Gasteiger partial charge >= 0.3 is 0 Å². The fourth-order valence-corrected chi connectivity index (χ4v) is 5.70. The molecule has 0 spiro atoms. The number of nitrogens with one attached hydrogen (secondary N) is 3. The van der Waals surface area contributed by atoms with Crippen LogP contribution in [0.15, 0.2) is 30.5 Å². The van der Waals surface area contributed by atoms with Gasteiger partial charge in [0.05, 0.1) is 5.52 Å². The van der Waals surface area contributed by atoms with E-state index in [4.69, 9.17) is 10.2 Å². The van der Waals surface area contributed by atoms with E-state index in [1.54, 1.807) is 12.3 Å². The molecule has 6 rings (SSSR count). The predicted molar refractivity (Wildman–Crippen MR) is 129 cm³/mol. The SMILES string of the molecule is Cc1cc(Nc2cc3ncccc3c(NC3C[C@H]4CC[C@@H](C3)N4C(=O)C3(C(=O)C#N)CC3)n2)n[nH]1. The number of carbonyl (C=O) groups excluding carboxylic acids is 2. The molecule has 5 heterocycles. The molecule has 3 N–H and O–H groups in total. The number of hydrogen-bond donors (Lipinski definition) is 3. The Hall–Kier alpha value is -4.00. The molecule has 3 fully saturated rings. The largest absolute Gasteiger partial charge is 0.367 e. The van der Waals surface area contributed by atoms with E-state index < -0.39 is 11.2 Å². The van der Waals surface area contributed by atoms with Crippen LogP contribution in [0.5, 0.6) is 0 Å². The number of Topliss-reactive ketones (excluding diaryl/α,β-unsaturated/α-hetero) is 1. The summed E-state index contributed by atoms with van der Waals surface area (Å²) in [5.41, 5.74) is 0.691. The zero-order valence-corrected chi connectivity index (χ0v) is 19.4. The first-order chi connectivity index (χ1) is 17.0. The lowest BCUT2D eigenvalue weighted by molar-refractivity contribution is -0.145. The van der Waals surface area contributed by atoms with E-state index in [0.29, 0.717) is 24.5 Å². The van der Waals surface area contributed by atoms with Crippen LogP contribution in [-0.4, -0.2) is 54.9 Å². The number of amides is 1. The molecule has 1 amide bonds. The molecule has 1 saturated carbocycles. The Morgan fingerprint density at radius 2 is 1.97 bits per heavy atom. The van der Waals surface area contributed by atoms with E-state index in [1.807, 2.05) is 36.1 Å². The average Bonchev–Trinajstić information content (AvgIpc) is 3.50. The summed E-state index contributed by atoms with van der Waals surface area (Å²) in [6.07, 6.45) is 6.14. The van der Waals surface area contributed by atoms with Gasteiger partial charge in [-0.2, -0.15) is 10.4 Å². The molecule has 2 aliphatic heterocycles. The highest BCUT2D eigenvalue weighted by molar-refractivity contribution is 6.15. The van der Waals surface area contributed by atoms with Crippen molar-refractivity contribution < 1.29 is 9.59 Å². The monoisotopic (exact) mass is 470 g/mol. The summed E-state index contributed by atoms with van der Waals surface area (Å²) in [5.74, 6) is 1.35. The van der Waals surface area contributed by atoms with Crippen molar-refractivity contribution in [1.82, 2.24) is 25.1 Å². The third kappa shape index (κ3) is 3.67. The Balaban J connectivity index is 1.23. The molecule has 3 aromatic heterocycles. The summed E-state index contributed by atoms with van der Waals surface area (Å²) in [6.45, 7) is 1.94. The van der Waals surface area contributed by atoms with Crippen molar-refractivity contribution >= 4 is 40.0 Å². The quantitative estimate of drug-likeness (QED) is 0.369. The van der Waals surface area contributed by atoms with Crippen molar-refractivity contribution in [3.05, 3.63) is 36.2 Å².